The minimum atomic E-state index is -0.343. The molecule has 164 valence electrons. The number of carbonyl (C=O) groups is 3. The second kappa shape index (κ2) is 9.20. The van der Waals surface area contributed by atoms with Crippen molar-refractivity contribution in [2.24, 2.45) is 5.92 Å². The van der Waals surface area contributed by atoms with E-state index in [0.29, 0.717) is 42.1 Å². The third kappa shape index (κ3) is 4.55. The second-order valence-corrected chi connectivity index (χ2v) is 8.01. The zero-order chi connectivity index (χ0) is 22.7. The lowest BCUT2D eigenvalue weighted by molar-refractivity contribution is 0.0636. The molecule has 0 atom stereocenters. The van der Waals surface area contributed by atoms with Crippen molar-refractivity contribution in [3.8, 4) is 11.5 Å². The van der Waals surface area contributed by atoms with Gasteiger partial charge in [-0.15, -0.1) is 0 Å². The van der Waals surface area contributed by atoms with E-state index < -0.39 is 0 Å². The van der Waals surface area contributed by atoms with E-state index in [1.54, 1.807) is 26.4 Å². The van der Waals surface area contributed by atoms with Gasteiger partial charge in [0.2, 0.25) is 0 Å². The number of benzene rings is 2. The maximum Gasteiger partial charge on any atom is 0.261 e. The van der Waals surface area contributed by atoms with E-state index in [2.05, 4.69) is 5.32 Å². The lowest BCUT2D eigenvalue weighted by Gasteiger charge is -2.15. The van der Waals surface area contributed by atoms with Crippen LogP contribution in [0.4, 0.5) is 0 Å². The number of imide groups is 1. The molecule has 0 spiro atoms. The van der Waals surface area contributed by atoms with E-state index in [1.165, 1.54) is 11.0 Å². The molecule has 1 N–H and O–H groups in total. The van der Waals surface area contributed by atoms with Crippen molar-refractivity contribution in [2.45, 2.75) is 27.2 Å². The molecule has 0 bridgehead atoms. The van der Waals surface area contributed by atoms with Gasteiger partial charge in [-0.25, -0.2) is 0 Å². The lowest BCUT2D eigenvalue weighted by Crippen LogP contribution is -2.33. The van der Waals surface area contributed by atoms with Crippen molar-refractivity contribution in [2.75, 3.05) is 27.3 Å². The molecule has 0 fully saturated rings. The van der Waals surface area contributed by atoms with Gasteiger partial charge in [0.1, 0.15) is 0 Å². The van der Waals surface area contributed by atoms with Crippen LogP contribution in [0.1, 0.15) is 56.0 Å². The number of aryl methyl sites for hydroxylation is 1. The number of fused-ring (bicyclic) bond motifs is 1. The minimum Gasteiger partial charge on any atom is -0.493 e. The molecule has 0 radical (unpaired) electrons. The number of hydrogen-bond acceptors (Lipinski definition) is 5. The van der Waals surface area contributed by atoms with E-state index in [1.807, 2.05) is 32.9 Å². The fourth-order valence-electron chi connectivity index (χ4n) is 3.67. The Morgan fingerprint density at radius 1 is 1.00 bits per heavy atom. The fourth-order valence-corrected chi connectivity index (χ4v) is 3.67. The van der Waals surface area contributed by atoms with Crippen LogP contribution in [0.5, 0.6) is 11.5 Å². The Balaban J connectivity index is 1.68. The fraction of sp³-hybridized carbons (Fsp3) is 0.375. The quantitative estimate of drug-likeness (QED) is 0.658. The average Bonchev–Trinajstić information content (AvgIpc) is 2.98. The van der Waals surface area contributed by atoms with Crippen molar-refractivity contribution in [3.05, 3.63) is 58.1 Å². The average molecular weight is 424 g/mol. The molecule has 3 amide bonds. The third-order valence-corrected chi connectivity index (χ3v) is 5.30. The maximum absolute atomic E-state index is 12.6. The van der Waals surface area contributed by atoms with E-state index in [0.717, 1.165) is 11.1 Å². The summed E-state index contributed by atoms with van der Waals surface area (Å²) in [5.41, 5.74) is 3.07. The number of methoxy groups -OCH3 is 2. The van der Waals surface area contributed by atoms with E-state index >= 15 is 0 Å². The number of carbonyl (C=O) groups excluding carboxylic acids is 3. The molecular weight excluding hydrogens is 396 g/mol. The van der Waals surface area contributed by atoms with Gasteiger partial charge in [-0.1, -0.05) is 13.8 Å². The largest absolute Gasteiger partial charge is 0.493 e. The van der Waals surface area contributed by atoms with Crippen LogP contribution in [-0.2, 0) is 6.42 Å². The SMILES string of the molecule is COc1cc(C)c(CCNC(=O)c2ccc3c(c2)C(=O)N(CC(C)C)C3=O)cc1OC. The molecule has 31 heavy (non-hydrogen) atoms. The highest BCUT2D eigenvalue weighted by molar-refractivity contribution is 6.22. The summed E-state index contributed by atoms with van der Waals surface area (Å²) in [5, 5.41) is 2.88. The molecule has 1 aliphatic heterocycles. The summed E-state index contributed by atoms with van der Waals surface area (Å²) in [6, 6.07) is 8.46. The number of amides is 3. The third-order valence-electron chi connectivity index (χ3n) is 5.30. The van der Waals surface area contributed by atoms with Gasteiger partial charge in [-0.3, -0.25) is 19.3 Å². The Morgan fingerprint density at radius 3 is 2.29 bits per heavy atom. The van der Waals surface area contributed by atoms with Gasteiger partial charge in [0.25, 0.3) is 17.7 Å². The number of nitrogens with zero attached hydrogens (tertiary/aromatic N) is 1. The highest BCUT2D eigenvalue weighted by Gasteiger charge is 2.36. The first-order valence-corrected chi connectivity index (χ1v) is 10.3. The van der Waals surface area contributed by atoms with Crippen LogP contribution >= 0.6 is 0 Å². The lowest BCUT2D eigenvalue weighted by atomic mass is 10.0. The van der Waals surface area contributed by atoms with Gasteiger partial charge >= 0.3 is 0 Å². The molecule has 0 aromatic heterocycles. The first kappa shape index (κ1) is 22.3. The van der Waals surface area contributed by atoms with Gasteiger partial charge in [-0.05, 0) is 60.7 Å². The summed E-state index contributed by atoms with van der Waals surface area (Å²) in [6.45, 7) is 6.65. The number of hydrogen-bond donors (Lipinski definition) is 1. The molecule has 1 aliphatic rings. The molecule has 0 saturated heterocycles. The molecular formula is C24H28N2O5. The summed E-state index contributed by atoms with van der Waals surface area (Å²) in [6.07, 6.45) is 0.614. The Bertz CT molecular complexity index is 1030. The molecule has 7 nitrogen and oxygen atoms in total. The first-order valence-electron chi connectivity index (χ1n) is 10.3. The number of nitrogens with one attached hydrogen (secondary N) is 1. The topological polar surface area (TPSA) is 84.9 Å². The van der Waals surface area contributed by atoms with Crippen LogP contribution in [0.25, 0.3) is 0 Å². The van der Waals surface area contributed by atoms with Gasteiger partial charge < -0.3 is 14.8 Å². The van der Waals surface area contributed by atoms with Crippen molar-refractivity contribution >= 4 is 17.7 Å². The van der Waals surface area contributed by atoms with Crippen LogP contribution in [0.2, 0.25) is 0 Å². The van der Waals surface area contributed by atoms with Gasteiger partial charge in [0, 0.05) is 18.7 Å². The molecule has 1 heterocycles. The van der Waals surface area contributed by atoms with Crippen molar-refractivity contribution < 1.29 is 23.9 Å². The number of ether oxygens (including phenoxy) is 2. The molecule has 0 unspecified atom stereocenters. The van der Waals surface area contributed by atoms with Gasteiger partial charge in [0.05, 0.1) is 25.3 Å². The zero-order valence-electron chi connectivity index (χ0n) is 18.6. The predicted molar refractivity (Wildman–Crippen MR) is 117 cm³/mol. The molecule has 2 aromatic carbocycles. The molecule has 7 heteroatoms. The van der Waals surface area contributed by atoms with E-state index in [9.17, 15) is 14.4 Å². The van der Waals surface area contributed by atoms with Crippen molar-refractivity contribution in [1.82, 2.24) is 10.2 Å². The van der Waals surface area contributed by atoms with Crippen LogP contribution in [0.3, 0.4) is 0 Å². The predicted octanol–water partition coefficient (Wildman–Crippen LogP) is 3.24. The summed E-state index contributed by atoms with van der Waals surface area (Å²) in [4.78, 5) is 39.0. The normalized spacial score (nSPS) is 12.9. The highest BCUT2D eigenvalue weighted by atomic mass is 16.5. The van der Waals surface area contributed by atoms with Gasteiger partial charge in [0.15, 0.2) is 11.5 Å². The highest BCUT2D eigenvalue weighted by Crippen LogP contribution is 2.30. The summed E-state index contributed by atoms with van der Waals surface area (Å²) in [7, 11) is 3.18. The Hall–Kier alpha value is -3.35. The zero-order valence-corrected chi connectivity index (χ0v) is 18.6. The molecule has 3 rings (SSSR count). The maximum atomic E-state index is 12.6. The summed E-state index contributed by atoms with van der Waals surface area (Å²) < 4.78 is 10.7. The molecule has 2 aromatic rings. The molecule has 0 saturated carbocycles. The van der Waals surface area contributed by atoms with Crippen molar-refractivity contribution in [3.63, 3.8) is 0 Å². The molecule has 0 aliphatic carbocycles. The monoisotopic (exact) mass is 424 g/mol. The van der Waals surface area contributed by atoms with Gasteiger partial charge in [-0.2, -0.15) is 0 Å². The van der Waals surface area contributed by atoms with Crippen LogP contribution in [0.15, 0.2) is 30.3 Å². The summed E-state index contributed by atoms with van der Waals surface area (Å²) >= 11 is 0. The standard InChI is InChI=1S/C24H28N2O5/c1-14(2)13-26-23(28)18-7-6-17(11-19(18)24(26)29)22(27)25-9-8-16-12-21(31-5)20(30-4)10-15(16)3/h6-7,10-12,14H,8-9,13H2,1-5H3,(H,25,27). The van der Waals surface area contributed by atoms with Crippen LogP contribution < -0.4 is 14.8 Å². The Morgan fingerprint density at radius 2 is 1.65 bits per heavy atom. The van der Waals surface area contributed by atoms with Crippen LogP contribution in [0, 0.1) is 12.8 Å². The summed E-state index contributed by atoms with van der Waals surface area (Å²) in [5.74, 6) is 0.543. The van der Waals surface area contributed by atoms with Crippen molar-refractivity contribution in [1.29, 1.82) is 0 Å². The van der Waals surface area contributed by atoms with E-state index in [4.69, 9.17) is 9.47 Å². The van der Waals surface area contributed by atoms with E-state index in [-0.39, 0.29) is 29.2 Å². The Kier molecular flexibility index (Phi) is 6.63. The second-order valence-electron chi connectivity index (χ2n) is 8.01. The smallest absolute Gasteiger partial charge is 0.261 e. The minimum absolute atomic E-state index is 0.171. The number of rotatable bonds is 8. The van der Waals surface area contributed by atoms with Crippen LogP contribution in [-0.4, -0.2) is 49.9 Å². The first-order chi connectivity index (χ1) is 14.8. The Labute approximate surface area is 182 Å².